The minimum atomic E-state index is -0.958. The Morgan fingerprint density at radius 1 is 1.15 bits per heavy atom. The zero-order chi connectivity index (χ0) is 10.0. The Morgan fingerprint density at radius 3 is 2.23 bits per heavy atom. The fourth-order valence-corrected chi connectivity index (χ4v) is 1.27. The molecule has 0 aliphatic rings. The van der Waals surface area contributed by atoms with Crippen molar-refractivity contribution < 1.29 is 9.53 Å². The molecule has 6 heteroatoms. The largest absolute Gasteiger partial charge is 0.410 e. The third-order valence-corrected chi connectivity index (χ3v) is 2.20. The van der Waals surface area contributed by atoms with Gasteiger partial charge in [0.15, 0.2) is 5.75 Å². The van der Waals surface area contributed by atoms with Crippen LogP contribution in [0.3, 0.4) is 0 Å². The molecule has 0 spiro atoms. The average Bonchev–Trinajstić information content (AvgIpc) is 1.99. The summed E-state index contributed by atoms with van der Waals surface area (Å²) in [6.45, 7) is 0. The van der Waals surface area contributed by atoms with Gasteiger partial charge in [-0.1, -0.05) is 34.8 Å². The van der Waals surface area contributed by atoms with E-state index in [1.807, 2.05) is 0 Å². The molecule has 1 aromatic carbocycles. The molecular formula is C7H4Cl3NO2. The topological polar surface area (TPSA) is 52.3 Å². The van der Waals surface area contributed by atoms with Crippen LogP contribution < -0.4 is 10.5 Å². The van der Waals surface area contributed by atoms with Crippen LogP contribution >= 0.6 is 34.8 Å². The van der Waals surface area contributed by atoms with Gasteiger partial charge >= 0.3 is 6.09 Å². The van der Waals surface area contributed by atoms with Crippen LogP contribution in [0.2, 0.25) is 15.1 Å². The first kappa shape index (κ1) is 10.4. The summed E-state index contributed by atoms with van der Waals surface area (Å²) in [5, 5.41) is 0.694. The highest BCUT2D eigenvalue weighted by atomic mass is 35.5. The van der Waals surface area contributed by atoms with Gasteiger partial charge in [-0.3, -0.25) is 0 Å². The molecule has 0 bridgehead atoms. The second kappa shape index (κ2) is 4.05. The molecule has 0 saturated carbocycles. The molecule has 0 unspecified atom stereocenters. The van der Waals surface area contributed by atoms with Crippen molar-refractivity contribution in [2.75, 3.05) is 0 Å². The van der Waals surface area contributed by atoms with E-state index < -0.39 is 6.09 Å². The van der Waals surface area contributed by atoms with Gasteiger partial charge in [0.1, 0.15) is 0 Å². The van der Waals surface area contributed by atoms with E-state index in [4.69, 9.17) is 40.5 Å². The van der Waals surface area contributed by atoms with E-state index in [1.54, 1.807) is 0 Å². The van der Waals surface area contributed by atoms with E-state index in [0.717, 1.165) is 0 Å². The van der Waals surface area contributed by atoms with Crippen molar-refractivity contribution in [1.82, 2.24) is 0 Å². The van der Waals surface area contributed by atoms with Crippen LogP contribution in [-0.2, 0) is 0 Å². The predicted molar refractivity (Wildman–Crippen MR) is 51.7 cm³/mol. The van der Waals surface area contributed by atoms with Crippen molar-refractivity contribution in [3.8, 4) is 5.75 Å². The number of rotatable bonds is 1. The number of primary amides is 1. The summed E-state index contributed by atoms with van der Waals surface area (Å²) in [7, 11) is 0. The molecule has 0 aliphatic heterocycles. The lowest BCUT2D eigenvalue weighted by atomic mass is 10.3. The standard InChI is InChI=1S/C7H4Cl3NO2/c8-3-1-5(10)6(2-4(3)9)13-7(11)12/h1-2H,(H2,11,12). The van der Waals surface area contributed by atoms with Gasteiger partial charge in [-0.05, 0) is 6.07 Å². The van der Waals surface area contributed by atoms with Gasteiger partial charge < -0.3 is 10.5 Å². The number of ether oxygens (including phenoxy) is 1. The Hall–Kier alpha value is -0.640. The summed E-state index contributed by atoms with van der Waals surface area (Å²) in [4.78, 5) is 10.4. The minimum Gasteiger partial charge on any atom is -0.409 e. The lowest BCUT2D eigenvalue weighted by molar-refractivity contribution is 0.211. The van der Waals surface area contributed by atoms with E-state index in [0.29, 0.717) is 0 Å². The van der Waals surface area contributed by atoms with Crippen molar-refractivity contribution in [1.29, 1.82) is 0 Å². The molecule has 1 amide bonds. The first-order valence-corrected chi connectivity index (χ1v) is 4.26. The van der Waals surface area contributed by atoms with Gasteiger partial charge in [0, 0.05) is 6.07 Å². The normalized spacial score (nSPS) is 9.77. The molecule has 1 aromatic rings. The van der Waals surface area contributed by atoms with Gasteiger partial charge in [0.2, 0.25) is 0 Å². The van der Waals surface area contributed by atoms with Crippen molar-refractivity contribution in [3.63, 3.8) is 0 Å². The first-order chi connectivity index (χ1) is 6.00. The van der Waals surface area contributed by atoms with E-state index in [1.165, 1.54) is 12.1 Å². The Balaban J connectivity index is 3.08. The summed E-state index contributed by atoms with van der Waals surface area (Å²) in [5.41, 5.74) is 4.79. The molecule has 2 N–H and O–H groups in total. The first-order valence-electron chi connectivity index (χ1n) is 3.12. The van der Waals surface area contributed by atoms with E-state index in [9.17, 15) is 4.79 Å². The predicted octanol–water partition coefficient (Wildman–Crippen LogP) is 3.10. The number of hydrogen-bond donors (Lipinski definition) is 1. The number of amides is 1. The highest BCUT2D eigenvalue weighted by Gasteiger charge is 2.08. The molecule has 70 valence electrons. The molecule has 0 aromatic heterocycles. The number of carbonyl (C=O) groups is 1. The van der Waals surface area contributed by atoms with Crippen molar-refractivity contribution >= 4 is 40.9 Å². The Kier molecular flexibility index (Phi) is 3.25. The van der Waals surface area contributed by atoms with Crippen molar-refractivity contribution in [2.24, 2.45) is 5.73 Å². The molecule has 0 radical (unpaired) electrons. The summed E-state index contributed by atoms with van der Waals surface area (Å²) >= 11 is 17.0. The van der Waals surface area contributed by atoms with Gasteiger partial charge in [-0.2, -0.15) is 0 Å². The summed E-state index contributed by atoms with van der Waals surface area (Å²) in [6, 6.07) is 2.68. The Labute approximate surface area is 89.3 Å². The van der Waals surface area contributed by atoms with Gasteiger partial charge in [0.05, 0.1) is 15.1 Å². The maximum absolute atomic E-state index is 10.4. The van der Waals surface area contributed by atoms with Gasteiger partial charge in [0.25, 0.3) is 0 Å². The highest BCUT2D eigenvalue weighted by molar-refractivity contribution is 6.43. The lowest BCUT2D eigenvalue weighted by Gasteiger charge is -2.04. The van der Waals surface area contributed by atoms with Gasteiger partial charge in [-0.25, -0.2) is 4.79 Å². The van der Waals surface area contributed by atoms with Gasteiger partial charge in [-0.15, -0.1) is 0 Å². The zero-order valence-electron chi connectivity index (χ0n) is 6.18. The molecule has 1 rings (SSSR count). The maximum atomic E-state index is 10.4. The van der Waals surface area contributed by atoms with E-state index in [2.05, 4.69) is 4.74 Å². The number of halogens is 3. The quantitative estimate of drug-likeness (QED) is 0.767. The van der Waals surface area contributed by atoms with Crippen LogP contribution in [0.4, 0.5) is 4.79 Å². The smallest absolute Gasteiger partial charge is 0.409 e. The van der Waals surface area contributed by atoms with Crippen LogP contribution in [-0.4, -0.2) is 6.09 Å². The average molecular weight is 240 g/mol. The number of hydrogen-bond acceptors (Lipinski definition) is 2. The fraction of sp³-hybridized carbons (Fsp3) is 0. The third-order valence-electron chi connectivity index (χ3n) is 1.19. The third kappa shape index (κ3) is 2.66. The SMILES string of the molecule is NC(=O)Oc1cc(Cl)c(Cl)cc1Cl. The summed E-state index contributed by atoms with van der Waals surface area (Å²) in [6.07, 6.45) is -0.958. The monoisotopic (exact) mass is 239 g/mol. The summed E-state index contributed by atoms with van der Waals surface area (Å²) in [5.74, 6) is 0.0866. The maximum Gasteiger partial charge on any atom is 0.410 e. The second-order valence-corrected chi connectivity index (χ2v) is 3.34. The molecular weight excluding hydrogens is 236 g/mol. The van der Waals surface area contributed by atoms with Crippen molar-refractivity contribution in [3.05, 3.63) is 27.2 Å². The second-order valence-electron chi connectivity index (χ2n) is 2.12. The molecule has 0 atom stereocenters. The van der Waals surface area contributed by atoms with Crippen LogP contribution in [0, 0.1) is 0 Å². The molecule has 0 heterocycles. The Morgan fingerprint density at radius 2 is 1.69 bits per heavy atom. The van der Waals surface area contributed by atoms with E-state index >= 15 is 0 Å². The van der Waals surface area contributed by atoms with Crippen molar-refractivity contribution in [2.45, 2.75) is 0 Å². The summed E-state index contributed by atoms with van der Waals surface area (Å²) < 4.78 is 4.54. The molecule has 0 saturated heterocycles. The minimum absolute atomic E-state index is 0.0866. The molecule has 13 heavy (non-hydrogen) atoms. The number of nitrogens with two attached hydrogens (primary N) is 1. The highest BCUT2D eigenvalue weighted by Crippen LogP contribution is 2.33. The van der Waals surface area contributed by atoms with E-state index in [-0.39, 0.29) is 20.8 Å². The zero-order valence-corrected chi connectivity index (χ0v) is 8.45. The fourth-order valence-electron chi connectivity index (χ4n) is 0.691. The molecule has 0 aliphatic carbocycles. The Bertz CT molecular complexity index is 354. The lowest BCUT2D eigenvalue weighted by Crippen LogP contribution is -2.16. The van der Waals surface area contributed by atoms with Crippen LogP contribution in [0.1, 0.15) is 0 Å². The number of carbonyl (C=O) groups excluding carboxylic acids is 1. The van der Waals surface area contributed by atoms with Crippen LogP contribution in [0.15, 0.2) is 12.1 Å². The molecule has 0 fully saturated rings. The van der Waals surface area contributed by atoms with Crippen LogP contribution in [0.5, 0.6) is 5.75 Å². The number of benzene rings is 1. The molecule has 3 nitrogen and oxygen atoms in total. The van der Waals surface area contributed by atoms with Crippen LogP contribution in [0.25, 0.3) is 0 Å².